The molecule has 1 aromatic heterocycles. The molecule has 0 radical (unpaired) electrons. The lowest BCUT2D eigenvalue weighted by Crippen LogP contribution is -2.35. The third-order valence-corrected chi connectivity index (χ3v) is 4.29. The van der Waals surface area contributed by atoms with E-state index in [1.165, 1.54) is 16.7 Å². The average Bonchev–Trinajstić information content (AvgIpc) is 2.42. The molecule has 4 nitrogen and oxygen atoms in total. The Hall–Kier alpha value is -1.72. The Morgan fingerprint density at radius 2 is 2.10 bits per heavy atom. The van der Waals surface area contributed by atoms with Crippen molar-refractivity contribution in [2.45, 2.75) is 33.4 Å². The van der Waals surface area contributed by atoms with Crippen molar-refractivity contribution in [2.75, 3.05) is 6.54 Å². The Labute approximate surface area is 128 Å². The van der Waals surface area contributed by atoms with Gasteiger partial charge in [-0.25, -0.2) is 0 Å². The summed E-state index contributed by atoms with van der Waals surface area (Å²) < 4.78 is 0.410. The predicted molar refractivity (Wildman–Crippen MR) is 86.0 cm³/mol. The van der Waals surface area contributed by atoms with E-state index in [-0.39, 0.29) is 5.56 Å². The van der Waals surface area contributed by atoms with Crippen LogP contribution in [0.4, 0.5) is 0 Å². The molecule has 2 heterocycles. The number of benzene rings is 1. The largest absolute Gasteiger partial charge is 0.334 e. The van der Waals surface area contributed by atoms with Gasteiger partial charge in [-0.05, 0) is 43.6 Å². The smallest absolute Gasteiger partial charge is 0.255 e. The molecular formula is C16H19N3OS. The van der Waals surface area contributed by atoms with Crippen molar-refractivity contribution in [1.82, 2.24) is 14.9 Å². The third kappa shape index (κ3) is 2.99. The first-order chi connectivity index (χ1) is 10.0. The highest BCUT2D eigenvalue weighted by Gasteiger charge is 2.19. The van der Waals surface area contributed by atoms with Gasteiger partial charge in [-0.15, -0.1) is 0 Å². The molecule has 0 fully saturated rings. The fraction of sp³-hybridized carbons (Fsp3) is 0.375. The minimum Gasteiger partial charge on any atom is -0.334 e. The number of rotatable bonds is 2. The van der Waals surface area contributed by atoms with Crippen LogP contribution in [0.2, 0.25) is 0 Å². The zero-order chi connectivity index (χ0) is 15.0. The van der Waals surface area contributed by atoms with Gasteiger partial charge in [0.15, 0.2) is 4.77 Å². The van der Waals surface area contributed by atoms with Crippen molar-refractivity contribution in [3.63, 3.8) is 0 Å². The van der Waals surface area contributed by atoms with Crippen LogP contribution in [0.15, 0.2) is 23.0 Å². The zero-order valence-corrected chi connectivity index (χ0v) is 13.1. The lowest BCUT2D eigenvalue weighted by molar-refractivity contribution is 0.240. The van der Waals surface area contributed by atoms with Crippen LogP contribution in [0.25, 0.3) is 0 Å². The van der Waals surface area contributed by atoms with Gasteiger partial charge in [0, 0.05) is 30.9 Å². The van der Waals surface area contributed by atoms with Crippen LogP contribution >= 0.6 is 12.2 Å². The molecule has 0 saturated carbocycles. The maximum atomic E-state index is 11.9. The molecule has 0 bridgehead atoms. The predicted octanol–water partition coefficient (Wildman–Crippen LogP) is 2.61. The minimum absolute atomic E-state index is 0.0415. The van der Waals surface area contributed by atoms with Crippen LogP contribution in [0, 0.1) is 18.6 Å². The van der Waals surface area contributed by atoms with Gasteiger partial charge in [-0.3, -0.25) is 14.7 Å². The summed E-state index contributed by atoms with van der Waals surface area (Å²) in [5.74, 6) is 0. The van der Waals surface area contributed by atoms with E-state index in [1.807, 2.05) is 0 Å². The van der Waals surface area contributed by atoms with Crippen LogP contribution in [0.1, 0.15) is 27.9 Å². The van der Waals surface area contributed by atoms with Crippen molar-refractivity contribution in [3.8, 4) is 0 Å². The van der Waals surface area contributed by atoms with Gasteiger partial charge in [-0.1, -0.05) is 23.8 Å². The summed E-state index contributed by atoms with van der Waals surface area (Å²) in [7, 11) is 0. The van der Waals surface area contributed by atoms with Crippen molar-refractivity contribution in [1.29, 1.82) is 0 Å². The first-order valence-corrected chi connectivity index (χ1v) is 7.56. The Morgan fingerprint density at radius 3 is 2.90 bits per heavy atom. The van der Waals surface area contributed by atoms with E-state index in [9.17, 15) is 4.79 Å². The number of aromatic nitrogens is 2. The second kappa shape index (κ2) is 5.58. The molecule has 1 aromatic carbocycles. The minimum atomic E-state index is -0.0415. The van der Waals surface area contributed by atoms with Crippen molar-refractivity contribution < 1.29 is 0 Å². The molecule has 2 N–H and O–H groups in total. The van der Waals surface area contributed by atoms with Gasteiger partial charge in [-0.2, -0.15) is 0 Å². The number of aromatic amines is 2. The van der Waals surface area contributed by atoms with Crippen molar-refractivity contribution >= 4 is 12.2 Å². The van der Waals surface area contributed by atoms with Crippen LogP contribution in [0.5, 0.6) is 0 Å². The van der Waals surface area contributed by atoms with Crippen molar-refractivity contribution in [3.05, 3.63) is 61.3 Å². The fourth-order valence-corrected chi connectivity index (χ4v) is 3.09. The normalized spacial score (nSPS) is 15.0. The highest BCUT2D eigenvalue weighted by molar-refractivity contribution is 7.71. The molecule has 2 aromatic rings. The monoisotopic (exact) mass is 301 g/mol. The van der Waals surface area contributed by atoms with Crippen LogP contribution in [-0.2, 0) is 19.5 Å². The van der Waals surface area contributed by atoms with Gasteiger partial charge in [0.05, 0.1) is 0 Å². The summed E-state index contributed by atoms with van der Waals surface area (Å²) in [6, 6.07) is 6.55. The second-order valence-corrected chi connectivity index (χ2v) is 6.16. The molecular weight excluding hydrogens is 282 g/mol. The Kier molecular flexibility index (Phi) is 3.78. The standard InChI is InChI=1S/C16H19N3OS/c1-10-3-4-11(2)12(7-10)8-19-6-5-13-14(9-19)17-16(21)18-15(13)20/h3-4,7H,5-6,8-9H2,1-2H3,(H2,17,18,20,21). The highest BCUT2D eigenvalue weighted by Crippen LogP contribution is 2.18. The van der Waals surface area contributed by atoms with Crippen LogP contribution in [0.3, 0.4) is 0 Å². The lowest BCUT2D eigenvalue weighted by atomic mass is 10.0. The maximum absolute atomic E-state index is 11.9. The molecule has 110 valence electrons. The lowest BCUT2D eigenvalue weighted by Gasteiger charge is -2.28. The van der Waals surface area contributed by atoms with Gasteiger partial charge < -0.3 is 4.98 Å². The number of hydrogen-bond donors (Lipinski definition) is 2. The topological polar surface area (TPSA) is 51.9 Å². The summed E-state index contributed by atoms with van der Waals surface area (Å²) in [6.07, 6.45) is 0.766. The van der Waals surface area contributed by atoms with Gasteiger partial charge in [0.2, 0.25) is 0 Å². The molecule has 1 aliphatic heterocycles. The van der Waals surface area contributed by atoms with E-state index < -0.39 is 0 Å². The number of fused-ring (bicyclic) bond motifs is 1. The van der Waals surface area contributed by atoms with E-state index in [2.05, 4.69) is 46.9 Å². The summed E-state index contributed by atoms with van der Waals surface area (Å²) in [4.78, 5) is 20.0. The van der Waals surface area contributed by atoms with E-state index in [0.717, 1.165) is 37.3 Å². The molecule has 0 amide bonds. The zero-order valence-electron chi connectivity index (χ0n) is 12.3. The fourth-order valence-electron chi connectivity index (χ4n) is 2.88. The average molecular weight is 301 g/mol. The third-order valence-electron chi connectivity index (χ3n) is 4.09. The number of aryl methyl sites for hydroxylation is 2. The Morgan fingerprint density at radius 1 is 1.29 bits per heavy atom. The van der Waals surface area contributed by atoms with Crippen LogP contribution in [-0.4, -0.2) is 21.4 Å². The molecule has 0 atom stereocenters. The van der Waals surface area contributed by atoms with E-state index in [4.69, 9.17) is 12.2 Å². The van der Waals surface area contributed by atoms with Crippen molar-refractivity contribution in [2.24, 2.45) is 0 Å². The SMILES string of the molecule is Cc1ccc(C)c(CN2CCc3c([nH]c(=S)[nH]c3=O)C2)c1. The van der Waals surface area contributed by atoms with Gasteiger partial charge >= 0.3 is 0 Å². The summed E-state index contributed by atoms with van der Waals surface area (Å²) in [5.41, 5.74) is 5.71. The van der Waals surface area contributed by atoms with E-state index in [1.54, 1.807) is 0 Å². The Balaban J connectivity index is 1.85. The molecule has 21 heavy (non-hydrogen) atoms. The second-order valence-electron chi connectivity index (χ2n) is 5.76. The van der Waals surface area contributed by atoms with E-state index in [0.29, 0.717) is 4.77 Å². The number of hydrogen-bond acceptors (Lipinski definition) is 3. The molecule has 0 aliphatic carbocycles. The summed E-state index contributed by atoms with van der Waals surface area (Å²) in [6.45, 7) is 6.81. The molecule has 0 unspecified atom stereocenters. The first kappa shape index (κ1) is 14.2. The number of nitrogens with one attached hydrogen (secondary N) is 2. The van der Waals surface area contributed by atoms with Gasteiger partial charge in [0.1, 0.15) is 0 Å². The Bertz CT molecular complexity index is 791. The number of nitrogens with zero attached hydrogens (tertiary/aromatic N) is 1. The maximum Gasteiger partial charge on any atom is 0.255 e. The molecule has 3 rings (SSSR count). The molecule has 0 saturated heterocycles. The number of H-pyrrole nitrogens is 2. The molecule has 0 spiro atoms. The van der Waals surface area contributed by atoms with Gasteiger partial charge in [0.25, 0.3) is 5.56 Å². The molecule has 5 heteroatoms. The van der Waals surface area contributed by atoms with Crippen LogP contribution < -0.4 is 5.56 Å². The summed E-state index contributed by atoms with van der Waals surface area (Å²) in [5, 5.41) is 0. The highest BCUT2D eigenvalue weighted by atomic mass is 32.1. The van der Waals surface area contributed by atoms with E-state index >= 15 is 0 Å². The molecule has 1 aliphatic rings. The summed E-state index contributed by atoms with van der Waals surface area (Å²) >= 11 is 5.06. The first-order valence-electron chi connectivity index (χ1n) is 7.16. The quantitative estimate of drug-likeness (QED) is 0.838.